The van der Waals surface area contributed by atoms with Crippen molar-refractivity contribution in [2.24, 2.45) is 0 Å². The molecule has 19 heavy (non-hydrogen) atoms. The van der Waals surface area contributed by atoms with E-state index in [0.717, 1.165) is 0 Å². The number of benzene rings is 1. The average molecular weight is 259 g/mol. The molecule has 0 fully saturated rings. The van der Waals surface area contributed by atoms with Crippen LogP contribution in [0.5, 0.6) is 0 Å². The predicted octanol–water partition coefficient (Wildman–Crippen LogP) is 1.01. The van der Waals surface area contributed by atoms with Crippen molar-refractivity contribution in [2.75, 3.05) is 6.54 Å². The maximum Gasteiger partial charge on any atom is 0.336 e. The fourth-order valence-corrected chi connectivity index (χ4v) is 1.68. The standard InChI is InChI=1S/C13H13N3O3/c17-12(15-6-8-16-7-5-14-9-16)10-3-1-2-4-11(10)13(18)19/h1-5,7,9H,6,8H2,(H,15,17)(H,18,19). The Kier molecular flexibility index (Phi) is 3.92. The summed E-state index contributed by atoms with van der Waals surface area (Å²) in [6.45, 7) is 0.990. The van der Waals surface area contributed by atoms with Gasteiger partial charge in [-0.15, -0.1) is 0 Å². The van der Waals surface area contributed by atoms with Gasteiger partial charge in [0, 0.05) is 25.5 Å². The summed E-state index contributed by atoms with van der Waals surface area (Å²) in [4.78, 5) is 26.8. The van der Waals surface area contributed by atoms with E-state index in [1.54, 1.807) is 30.9 Å². The molecule has 0 aliphatic heterocycles. The number of carbonyl (C=O) groups excluding carboxylic acids is 1. The number of aromatic nitrogens is 2. The molecule has 0 bridgehead atoms. The minimum absolute atomic E-state index is 0.00244. The average Bonchev–Trinajstić information content (AvgIpc) is 2.91. The zero-order valence-electron chi connectivity index (χ0n) is 10.1. The minimum Gasteiger partial charge on any atom is -0.478 e. The number of hydrogen-bond donors (Lipinski definition) is 2. The third-order valence-electron chi connectivity index (χ3n) is 2.62. The van der Waals surface area contributed by atoms with Crippen LogP contribution < -0.4 is 5.32 Å². The van der Waals surface area contributed by atoms with Crippen molar-refractivity contribution in [3.8, 4) is 0 Å². The van der Waals surface area contributed by atoms with Crippen LogP contribution in [0.15, 0.2) is 43.0 Å². The van der Waals surface area contributed by atoms with Crippen molar-refractivity contribution >= 4 is 11.9 Å². The summed E-state index contributed by atoms with van der Waals surface area (Å²) < 4.78 is 1.82. The first-order valence-electron chi connectivity index (χ1n) is 5.75. The summed E-state index contributed by atoms with van der Waals surface area (Å²) in [5, 5.41) is 11.7. The highest BCUT2D eigenvalue weighted by molar-refractivity contribution is 6.04. The van der Waals surface area contributed by atoms with Gasteiger partial charge in [-0.2, -0.15) is 0 Å². The molecule has 2 N–H and O–H groups in total. The Morgan fingerprint density at radius 1 is 1.26 bits per heavy atom. The number of carboxylic acid groups (broad SMARTS) is 1. The van der Waals surface area contributed by atoms with Crippen LogP contribution in [-0.4, -0.2) is 33.1 Å². The maximum absolute atomic E-state index is 11.9. The van der Waals surface area contributed by atoms with Crippen LogP contribution in [0.4, 0.5) is 0 Å². The Labute approximate surface area is 109 Å². The lowest BCUT2D eigenvalue weighted by Crippen LogP contribution is -2.28. The third-order valence-corrected chi connectivity index (χ3v) is 2.62. The molecular weight excluding hydrogens is 246 g/mol. The molecule has 6 heteroatoms. The Morgan fingerprint density at radius 2 is 2.00 bits per heavy atom. The van der Waals surface area contributed by atoms with E-state index < -0.39 is 11.9 Å². The van der Waals surface area contributed by atoms with Crippen molar-refractivity contribution in [1.82, 2.24) is 14.9 Å². The summed E-state index contributed by atoms with van der Waals surface area (Å²) in [5.74, 6) is -1.50. The van der Waals surface area contributed by atoms with E-state index in [4.69, 9.17) is 5.11 Å². The molecule has 0 saturated heterocycles. The predicted molar refractivity (Wildman–Crippen MR) is 68.0 cm³/mol. The van der Waals surface area contributed by atoms with E-state index in [0.29, 0.717) is 13.1 Å². The summed E-state index contributed by atoms with van der Waals surface area (Å²) >= 11 is 0. The van der Waals surface area contributed by atoms with E-state index in [9.17, 15) is 9.59 Å². The van der Waals surface area contributed by atoms with Crippen LogP contribution in [0.2, 0.25) is 0 Å². The molecule has 0 unspecified atom stereocenters. The van der Waals surface area contributed by atoms with Crippen LogP contribution in [0.1, 0.15) is 20.7 Å². The molecule has 1 aromatic heterocycles. The highest BCUT2D eigenvalue weighted by Crippen LogP contribution is 2.08. The molecule has 1 aromatic carbocycles. The Hall–Kier alpha value is -2.63. The molecule has 0 aliphatic rings. The molecule has 0 radical (unpaired) electrons. The molecule has 0 spiro atoms. The Morgan fingerprint density at radius 3 is 2.63 bits per heavy atom. The third kappa shape index (κ3) is 3.19. The van der Waals surface area contributed by atoms with Crippen molar-refractivity contribution in [3.63, 3.8) is 0 Å². The summed E-state index contributed by atoms with van der Waals surface area (Å²) in [6.07, 6.45) is 5.09. The molecule has 6 nitrogen and oxygen atoms in total. The van der Waals surface area contributed by atoms with Crippen LogP contribution in [0.25, 0.3) is 0 Å². The molecule has 2 rings (SSSR count). The lowest BCUT2D eigenvalue weighted by atomic mass is 10.1. The van der Waals surface area contributed by atoms with Crippen molar-refractivity contribution < 1.29 is 14.7 Å². The summed E-state index contributed by atoms with van der Waals surface area (Å²) in [7, 11) is 0. The zero-order chi connectivity index (χ0) is 13.7. The van der Waals surface area contributed by atoms with Gasteiger partial charge >= 0.3 is 5.97 Å². The second-order valence-corrected chi connectivity index (χ2v) is 3.91. The van der Waals surface area contributed by atoms with E-state index in [1.165, 1.54) is 12.1 Å². The highest BCUT2D eigenvalue weighted by Gasteiger charge is 2.14. The number of nitrogens with zero attached hydrogens (tertiary/aromatic N) is 2. The van der Waals surface area contributed by atoms with Gasteiger partial charge in [-0.1, -0.05) is 12.1 Å². The molecule has 0 saturated carbocycles. The number of rotatable bonds is 5. The lowest BCUT2D eigenvalue weighted by molar-refractivity contribution is 0.0691. The number of hydrogen-bond acceptors (Lipinski definition) is 3. The first-order valence-corrected chi connectivity index (χ1v) is 5.75. The van der Waals surface area contributed by atoms with Gasteiger partial charge in [0.15, 0.2) is 0 Å². The number of carbonyl (C=O) groups is 2. The summed E-state index contributed by atoms with van der Waals surface area (Å²) in [5.41, 5.74) is 0.170. The molecule has 1 amide bonds. The Bertz CT molecular complexity index is 579. The molecule has 1 heterocycles. The van der Waals surface area contributed by atoms with Crippen LogP contribution in [0, 0.1) is 0 Å². The summed E-state index contributed by atoms with van der Waals surface area (Å²) in [6, 6.07) is 6.13. The maximum atomic E-state index is 11.9. The smallest absolute Gasteiger partial charge is 0.336 e. The molecular formula is C13H13N3O3. The van der Waals surface area contributed by atoms with Crippen LogP contribution >= 0.6 is 0 Å². The van der Waals surface area contributed by atoms with Gasteiger partial charge in [0.25, 0.3) is 5.91 Å². The van der Waals surface area contributed by atoms with E-state index in [2.05, 4.69) is 10.3 Å². The zero-order valence-corrected chi connectivity index (χ0v) is 10.1. The molecule has 0 atom stereocenters. The minimum atomic E-state index is -1.11. The van der Waals surface area contributed by atoms with Gasteiger partial charge in [0.2, 0.25) is 0 Å². The first-order chi connectivity index (χ1) is 9.18. The SMILES string of the molecule is O=C(O)c1ccccc1C(=O)NCCn1ccnc1. The van der Waals surface area contributed by atoms with Gasteiger partial charge in [-0.3, -0.25) is 4.79 Å². The normalized spacial score (nSPS) is 10.1. The van der Waals surface area contributed by atoms with Gasteiger partial charge in [0.05, 0.1) is 17.5 Å². The van der Waals surface area contributed by atoms with Crippen molar-refractivity contribution in [3.05, 3.63) is 54.1 Å². The van der Waals surface area contributed by atoms with Gasteiger partial charge in [-0.25, -0.2) is 9.78 Å². The van der Waals surface area contributed by atoms with Gasteiger partial charge in [-0.05, 0) is 12.1 Å². The van der Waals surface area contributed by atoms with E-state index >= 15 is 0 Å². The second kappa shape index (κ2) is 5.81. The number of aromatic carboxylic acids is 1. The van der Waals surface area contributed by atoms with Crippen molar-refractivity contribution in [2.45, 2.75) is 6.54 Å². The fourth-order valence-electron chi connectivity index (χ4n) is 1.68. The molecule has 0 aliphatic carbocycles. The number of carboxylic acids is 1. The lowest BCUT2D eigenvalue weighted by Gasteiger charge is -2.07. The molecule has 98 valence electrons. The van der Waals surface area contributed by atoms with Crippen molar-refractivity contribution in [1.29, 1.82) is 0 Å². The fraction of sp³-hybridized carbons (Fsp3) is 0.154. The van der Waals surface area contributed by atoms with Gasteiger partial charge in [0.1, 0.15) is 0 Å². The molecule has 2 aromatic rings. The largest absolute Gasteiger partial charge is 0.478 e. The van der Waals surface area contributed by atoms with Crippen LogP contribution in [-0.2, 0) is 6.54 Å². The number of nitrogens with one attached hydrogen (secondary N) is 1. The number of imidazole rings is 1. The van der Waals surface area contributed by atoms with E-state index in [1.807, 2.05) is 4.57 Å². The first kappa shape index (κ1) is 12.8. The second-order valence-electron chi connectivity index (χ2n) is 3.91. The Balaban J connectivity index is 1.98. The van der Waals surface area contributed by atoms with Crippen LogP contribution in [0.3, 0.4) is 0 Å². The highest BCUT2D eigenvalue weighted by atomic mass is 16.4. The topological polar surface area (TPSA) is 84.2 Å². The van der Waals surface area contributed by atoms with Gasteiger partial charge < -0.3 is 15.0 Å². The van der Waals surface area contributed by atoms with E-state index in [-0.39, 0.29) is 11.1 Å². The quantitative estimate of drug-likeness (QED) is 0.839. The number of amides is 1. The monoisotopic (exact) mass is 259 g/mol.